The number of hydrogen-bond acceptors (Lipinski definition) is 8. The number of nitrogens with one attached hydrogen (secondary N) is 1. The third-order valence-electron chi connectivity index (χ3n) is 1.79. The van der Waals surface area contributed by atoms with E-state index in [0.29, 0.717) is 0 Å². The summed E-state index contributed by atoms with van der Waals surface area (Å²) in [6, 6.07) is 0. The topological polar surface area (TPSA) is 173 Å². The second-order valence-electron chi connectivity index (χ2n) is 3.54. The number of halogens is 1. The van der Waals surface area contributed by atoms with E-state index in [2.05, 4.69) is 26.2 Å². The summed E-state index contributed by atoms with van der Waals surface area (Å²) in [5, 5.41) is 12.2. The zero-order chi connectivity index (χ0) is 14.7. The molecular formula is C7H14BrN4O6P. The molecule has 1 atom stereocenters. The van der Waals surface area contributed by atoms with Gasteiger partial charge in [-0.2, -0.15) is 4.99 Å². The zero-order valence-corrected chi connectivity index (χ0v) is 12.1. The standard InChI is InChI=1S/C7H14BrN4O6P/c8-4-5(11-6(9)12-7(4,10)13)18-2-1-17-3-19(14,15)16/h13H,1-3,10H2,(H3,9,11,12)(H2,14,15,16). The molecule has 0 saturated carbocycles. The van der Waals surface area contributed by atoms with Gasteiger partial charge in [-0.15, -0.1) is 0 Å². The van der Waals surface area contributed by atoms with E-state index in [1.165, 1.54) is 0 Å². The van der Waals surface area contributed by atoms with E-state index < -0.39 is 19.8 Å². The molecule has 8 N–H and O–H groups in total. The molecule has 0 aromatic heterocycles. The predicted octanol–water partition coefficient (Wildman–Crippen LogP) is -1.76. The fourth-order valence-corrected chi connectivity index (χ4v) is 1.75. The summed E-state index contributed by atoms with van der Waals surface area (Å²) in [5.74, 6) is -2.13. The maximum atomic E-state index is 10.5. The number of aliphatic hydroxyl groups is 1. The Kier molecular flexibility index (Phi) is 5.33. The Morgan fingerprint density at radius 3 is 2.68 bits per heavy atom. The molecule has 0 spiro atoms. The molecule has 10 nitrogen and oxygen atoms in total. The highest BCUT2D eigenvalue weighted by Gasteiger charge is 2.33. The molecule has 0 aliphatic carbocycles. The Morgan fingerprint density at radius 1 is 1.47 bits per heavy atom. The molecule has 1 aliphatic rings. The Balaban J connectivity index is 2.43. The third-order valence-corrected chi connectivity index (χ3v) is 3.25. The van der Waals surface area contributed by atoms with Crippen molar-refractivity contribution in [2.45, 2.75) is 5.85 Å². The zero-order valence-electron chi connectivity index (χ0n) is 9.61. The fraction of sp³-hybridized carbons (Fsp3) is 0.571. The summed E-state index contributed by atoms with van der Waals surface area (Å²) in [7, 11) is -4.19. The van der Waals surface area contributed by atoms with Gasteiger partial charge in [-0.1, -0.05) is 0 Å². The summed E-state index contributed by atoms with van der Waals surface area (Å²) in [6.07, 6.45) is -0.700. The molecule has 1 heterocycles. The summed E-state index contributed by atoms with van der Waals surface area (Å²) < 4.78 is 20.4. The third kappa shape index (κ3) is 5.45. The van der Waals surface area contributed by atoms with Crippen LogP contribution in [0, 0.1) is 0 Å². The molecule has 19 heavy (non-hydrogen) atoms. The van der Waals surface area contributed by atoms with Gasteiger partial charge in [-0.3, -0.25) is 15.6 Å². The minimum atomic E-state index is -4.19. The van der Waals surface area contributed by atoms with Crippen LogP contribution in [0.25, 0.3) is 0 Å². The lowest BCUT2D eigenvalue weighted by molar-refractivity contribution is 0.0683. The average Bonchev–Trinajstić information content (AvgIpc) is 2.22. The van der Waals surface area contributed by atoms with Crippen LogP contribution in [0.3, 0.4) is 0 Å². The van der Waals surface area contributed by atoms with Crippen LogP contribution >= 0.6 is 23.5 Å². The quantitative estimate of drug-likeness (QED) is 0.182. The van der Waals surface area contributed by atoms with Gasteiger partial charge in [0, 0.05) is 0 Å². The summed E-state index contributed by atoms with van der Waals surface area (Å²) >= 11 is 2.99. The largest absolute Gasteiger partial charge is 0.476 e. The monoisotopic (exact) mass is 360 g/mol. The van der Waals surface area contributed by atoms with Crippen LogP contribution in [-0.2, 0) is 14.0 Å². The van der Waals surface area contributed by atoms with Gasteiger partial charge in [0.1, 0.15) is 17.4 Å². The van der Waals surface area contributed by atoms with Gasteiger partial charge in [0.05, 0.1) is 6.61 Å². The molecule has 0 radical (unpaired) electrons. The molecular weight excluding hydrogens is 347 g/mol. The van der Waals surface area contributed by atoms with Crippen LogP contribution in [0.5, 0.6) is 0 Å². The molecule has 0 amide bonds. The van der Waals surface area contributed by atoms with Crippen molar-refractivity contribution in [3.05, 3.63) is 10.4 Å². The summed E-state index contributed by atoms with van der Waals surface area (Å²) in [4.78, 5) is 20.6. The highest BCUT2D eigenvalue weighted by atomic mass is 79.9. The van der Waals surface area contributed by atoms with E-state index in [1.54, 1.807) is 0 Å². The second-order valence-corrected chi connectivity index (χ2v) is 5.92. The minimum Gasteiger partial charge on any atom is -0.476 e. The Hall–Kier alpha value is -0.680. The van der Waals surface area contributed by atoms with E-state index in [9.17, 15) is 9.67 Å². The van der Waals surface area contributed by atoms with Crippen LogP contribution in [0.15, 0.2) is 15.4 Å². The number of guanidine groups is 1. The van der Waals surface area contributed by atoms with Crippen molar-refractivity contribution >= 4 is 29.5 Å². The molecule has 12 heteroatoms. The summed E-state index contributed by atoms with van der Waals surface area (Å²) in [6.45, 7) is -0.114. The smallest absolute Gasteiger partial charge is 0.350 e. The van der Waals surface area contributed by atoms with Crippen molar-refractivity contribution in [3.63, 3.8) is 0 Å². The van der Waals surface area contributed by atoms with Gasteiger partial charge in [0.25, 0.3) is 5.85 Å². The van der Waals surface area contributed by atoms with Crippen molar-refractivity contribution < 1.29 is 28.9 Å². The van der Waals surface area contributed by atoms with Gasteiger partial charge >= 0.3 is 7.60 Å². The number of aliphatic imine (C=N–C) groups is 1. The first-order valence-corrected chi connectivity index (χ1v) is 7.50. The van der Waals surface area contributed by atoms with Gasteiger partial charge < -0.3 is 30.1 Å². The van der Waals surface area contributed by atoms with E-state index in [-0.39, 0.29) is 29.5 Å². The van der Waals surface area contributed by atoms with E-state index >= 15 is 0 Å². The van der Waals surface area contributed by atoms with Gasteiger partial charge in [0.2, 0.25) is 5.88 Å². The van der Waals surface area contributed by atoms with Crippen molar-refractivity contribution in [1.29, 1.82) is 0 Å². The highest BCUT2D eigenvalue weighted by molar-refractivity contribution is 9.11. The number of nitrogens with two attached hydrogens (primary N) is 2. The summed E-state index contributed by atoms with van der Waals surface area (Å²) in [5.41, 5.74) is 10.8. The Morgan fingerprint density at radius 2 is 2.11 bits per heavy atom. The lowest BCUT2D eigenvalue weighted by Crippen LogP contribution is -2.49. The minimum absolute atomic E-state index is 0.0317. The Bertz CT molecular complexity index is 447. The van der Waals surface area contributed by atoms with Gasteiger partial charge in [-0.05, 0) is 15.9 Å². The number of ether oxygens (including phenoxy) is 2. The Labute approximate surface area is 116 Å². The van der Waals surface area contributed by atoms with Gasteiger partial charge in [-0.25, -0.2) is 0 Å². The van der Waals surface area contributed by atoms with Crippen molar-refractivity contribution in [3.8, 4) is 0 Å². The lowest BCUT2D eigenvalue weighted by Gasteiger charge is -2.26. The maximum absolute atomic E-state index is 10.5. The van der Waals surface area contributed by atoms with Crippen molar-refractivity contribution in [1.82, 2.24) is 5.32 Å². The van der Waals surface area contributed by atoms with Crippen LogP contribution in [0.2, 0.25) is 0 Å². The molecule has 0 aromatic carbocycles. The fourth-order valence-electron chi connectivity index (χ4n) is 1.08. The number of rotatable bonds is 6. The number of nitrogens with zero attached hydrogens (tertiary/aromatic N) is 1. The van der Waals surface area contributed by atoms with E-state index in [1.807, 2.05) is 0 Å². The lowest BCUT2D eigenvalue weighted by atomic mass is 10.3. The van der Waals surface area contributed by atoms with Crippen LogP contribution in [-0.4, -0.2) is 46.3 Å². The number of hydrogen-bond donors (Lipinski definition) is 6. The molecule has 0 bridgehead atoms. The molecule has 1 aliphatic heterocycles. The highest BCUT2D eigenvalue weighted by Crippen LogP contribution is 2.33. The molecule has 0 aromatic rings. The van der Waals surface area contributed by atoms with Crippen LogP contribution in [0.1, 0.15) is 0 Å². The average molecular weight is 361 g/mol. The van der Waals surface area contributed by atoms with Crippen molar-refractivity contribution in [2.75, 3.05) is 19.6 Å². The molecule has 1 unspecified atom stereocenters. The normalized spacial score (nSPS) is 23.9. The van der Waals surface area contributed by atoms with Crippen molar-refractivity contribution in [2.24, 2.45) is 16.5 Å². The molecule has 0 saturated heterocycles. The van der Waals surface area contributed by atoms with Crippen LogP contribution in [0.4, 0.5) is 0 Å². The van der Waals surface area contributed by atoms with E-state index in [0.717, 1.165) is 0 Å². The predicted molar refractivity (Wildman–Crippen MR) is 68.7 cm³/mol. The first kappa shape index (κ1) is 16.4. The molecule has 110 valence electrons. The first-order chi connectivity index (χ1) is 8.62. The maximum Gasteiger partial charge on any atom is 0.350 e. The van der Waals surface area contributed by atoms with Gasteiger partial charge in [0.15, 0.2) is 5.96 Å². The van der Waals surface area contributed by atoms with Crippen LogP contribution < -0.4 is 16.8 Å². The second kappa shape index (κ2) is 6.18. The molecule has 0 fully saturated rings. The molecule has 1 rings (SSSR count). The first-order valence-electron chi connectivity index (χ1n) is 4.91. The SMILES string of the molecule is NC1=NC(N)(O)C(Br)=C(OCCOCP(=O)(O)O)N1. The van der Waals surface area contributed by atoms with E-state index in [4.69, 9.17) is 30.7 Å².